The van der Waals surface area contributed by atoms with Crippen LogP contribution in [0.1, 0.15) is 38.8 Å². The molecule has 1 unspecified atom stereocenters. The van der Waals surface area contributed by atoms with E-state index < -0.39 is 0 Å². The Kier molecular flexibility index (Phi) is 5.16. The number of rotatable bonds is 4. The highest BCUT2D eigenvalue weighted by Crippen LogP contribution is 2.33. The van der Waals surface area contributed by atoms with Crippen LogP contribution in [0.3, 0.4) is 0 Å². The normalized spacial score (nSPS) is 15.0. The average molecular weight is 288 g/mol. The van der Waals surface area contributed by atoms with Gasteiger partial charge in [0, 0.05) is 20.7 Å². The molecule has 1 nitrogen and oxygen atoms in total. The third-order valence-corrected chi connectivity index (χ3v) is 4.65. The number of hydrogen-bond donors (Lipinski definition) is 1. The van der Waals surface area contributed by atoms with Gasteiger partial charge < -0.3 is 5.73 Å². The lowest BCUT2D eigenvalue weighted by Gasteiger charge is -2.12. The number of nitrogens with two attached hydrogens (primary N) is 1. The average Bonchev–Trinajstić information content (AvgIpc) is 2.20. The van der Waals surface area contributed by atoms with Crippen LogP contribution in [0.5, 0.6) is 0 Å². The van der Waals surface area contributed by atoms with Gasteiger partial charge in [0.05, 0.1) is 0 Å². The van der Waals surface area contributed by atoms with Gasteiger partial charge in [0.1, 0.15) is 0 Å². The largest absolute Gasteiger partial charge is 0.324 e. The molecule has 15 heavy (non-hydrogen) atoms. The first-order valence-corrected chi connectivity index (χ1v) is 6.93. The third-order valence-electron chi connectivity index (χ3n) is 2.38. The first-order chi connectivity index (χ1) is 7.04. The van der Waals surface area contributed by atoms with Crippen LogP contribution in [0.4, 0.5) is 0 Å². The van der Waals surface area contributed by atoms with E-state index in [4.69, 9.17) is 5.73 Å². The standard InChI is InChI=1S/C12H18BrNS/c1-4-8(2)15-12-6-5-10(9(3)14)7-11(12)13/h5-9H,4,14H2,1-3H3/t8?,9-/m0/s1. The molecule has 0 aliphatic heterocycles. The van der Waals surface area contributed by atoms with Gasteiger partial charge in [-0.3, -0.25) is 0 Å². The molecule has 1 aromatic rings. The Bertz CT molecular complexity index is 325. The Labute approximate surface area is 105 Å². The fraction of sp³-hybridized carbons (Fsp3) is 0.500. The summed E-state index contributed by atoms with van der Waals surface area (Å²) in [7, 11) is 0. The fourth-order valence-electron chi connectivity index (χ4n) is 1.20. The zero-order chi connectivity index (χ0) is 11.4. The molecule has 0 amide bonds. The van der Waals surface area contributed by atoms with Crippen LogP contribution in [-0.4, -0.2) is 5.25 Å². The van der Waals surface area contributed by atoms with E-state index in [-0.39, 0.29) is 6.04 Å². The van der Waals surface area contributed by atoms with Crippen molar-refractivity contribution in [2.75, 3.05) is 0 Å². The van der Waals surface area contributed by atoms with E-state index in [1.165, 1.54) is 16.9 Å². The number of hydrogen-bond acceptors (Lipinski definition) is 2. The zero-order valence-electron chi connectivity index (χ0n) is 9.46. The Balaban J connectivity index is 2.83. The Morgan fingerprint density at radius 1 is 1.40 bits per heavy atom. The molecule has 0 radical (unpaired) electrons. The summed E-state index contributed by atoms with van der Waals surface area (Å²) < 4.78 is 1.16. The molecule has 1 aromatic carbocycles. The van der Waals surface area contributed by atoms with E-state index in [0.717, 1.165) is 4.47 Å². The predicted octanol–water partition coefficient (Wildman–Crippen LogP) is 4.36. The minimum atomic E-state index is 0.101. The molecule has 2 N–H and O–H groups in total. The SMILES string of the molecule is CCC(C)Sc1ccc([C@H](C)N)cc1Br. The van der Waals surface area contributed by atoms with Crippen molar-refractivity contribution in [1.29, 1.82) is 0 Å². The lowest BCUT2D eigenvalue weighted by molar-refractivity contribution is 0.815. The minimum absolute atomic E-state index is 0.101. The van der Waals surface area contributed by atoms with Crippen LogP contribution in [0.25, 0.3) is 0 Å². The van der Waals surface area contributed by atoms with Crippen LogP contribution in [-0.2, 0) is 0 Å². The lowest BCUT2D eigenvalue weighted by atomic mass is 10.1. The van der Waals surface area contributed by atoms with Gasteiger partial charge in [-0.2, -0.15) is 0 Å². The lowest BCUT2D eigenvalue weighted by Crippen LogP contribution is -2.04. The smallest absolute Gasteiger partial charge is 0.0314 e. The van der Waals surface area contributed by atoms with E-state index in [2.05, 4.69) is 48.0 Å². The molecule has 0 fully saturated rings. The van der Waals surface area contributed by atoms with Crippen molar-refractivity contribution < 1.29 is 0 Å². The first-order valence-electron chi connectivity index (χ1n) is 5.26. The van der Waals surface area contributed by atoms with Gasteiger partial charge in [-0.05, 0) is 47.0 Å². The minimum Gasteiger partial charge on any atom is -0.324 e. The van der Waals surface area contributed by atoms with E-state index in [1.54, 1.807) is 0 Å². The quantitative estimate of drug-likeness (QED) is 0.833. The predicted molar refractivity (Wildman–Crippen MR) is 72.4 cm³/mol. The summed E-state index contributed by atoms with van der Waals surface area (Å²) in [5.74, 6) is 0. The highest BCUT2D eigenvalue weighted by atomic mass is 79.9. The zero-order valence-corrected chi connectivity index (χ0v) is 11.9. The molecule has 0 spiro atoms. The fourth-order valence-corrected chi connectivity index (χ4v) is 2.79. The molecular formula is C12H18BrNS. The van der Waals surface area contributed by atoms with Crippen molar-refractivity contribution in [3.8, 4) is 0 Å². The summed E-state index contributed by atoms with van der Waals surface area (Å²) in [6.07, 6.45) is 1.19. The van der Waals surface area contributed by atoms with E-state index in [0.29, 0.717) is 5.25 Å². The molecule has 0 heterocycles. The van der Waals surface area contributed by atoms with Crippen molar-refractivity contribution >= 4 is 27.7 Å². The number of benzene rings is 1. The Morgan fingerprint density at radius 3 is 2.53 bits per heavy atom. The summed E-state index contributed by atoms with van der Waals surface area (Å²) >= 11 is 5.50. The van der Waals surface area contributed by atoms with Gasteiger partial charge in [0.2, 0.25) is 0 Å². The van der Waals surface area contributed by atoms with Gasteiger partial charge in [0.25, 0.3) is 0 Å². The maximum Gasteiger partial charge on any atom is 0.0314 e. The van der Waals surface area contributed by atoms with Crippen LogP contribution in [0.2, 0.25) is 0 Å². The van der Waals surface area contributed by atoms with E-state index in [9.17, 15) is 0 Å². The summed E-state index contributed by atoms with van der Waals surface area (Å²) in [6, 6.07) is 6.48. The number of halogens is 1. The monoisotopic (exact) mass is 287 g/mol. The second-order valence-corrected chi connectivity index (χ2v) is 6.15. The van der Waals surface area contributed by atoms with Gasteiger partial charge in [-0.15, -0.1) is 11.8 Å². The van der Waals surface area contributed by atoms with E-state index in [1.807, 2.05) is 18.7 Å². The van der Waals surface area contributed by atoms with Crippen molar-refractivity contribution in [1.82, 2.24) is 0 Å². The van der Waals surface area contributed by atoms with Crippen LogP contribution in [0.15, 0.2) is 27.6 Å². The molecule has 0 aromatic heterocycles. The van der Waals surface area contributed by atoms with Crippen molar-refractivity contribution in [2.24, 2.45) is 5.73 Å². The molecule has 0 saturated carbocycles. The van der Waals surface area contributed by atoms with Gasteiger partial charge in [-0.1, -0.05) is 19.9 Å². The van der Waals surface area contributed by atoms with Gasteiger partial charge in [-0.25, -0.2) is 0 Å². The van der Waals surface area contributed by atoms with Crippen molar-refractivity contribution in [3.05, 3.63) is 28.2 Å². The van der Waals surface area contributed by atoms with E-state index >= 15 is 0 Å². The Morgan fingerprint density at radius 2 is 2.07 bits per heavy atom. The molecule has 0 aliphatic carbocycles. The van der Waals surface area contributed by atoms with Crippen LogP contribution < -0.4 is 5.73 Å². The summed E-state index contributed by atoms with van der Waals surface area (Å²) in [5, 5.41) is 0.655. The molecule has 0 aliphatic rings. The molecule has 0 saturated heterocycles. The van der Waals surface area contributed by atoms with Crippen LogP contribution >= 0.6 is 27.7 Å². The van der Waals surface area contributed by atoms with Gasteiger partial charge in [0.15, 0.2) is 0 Å². The molecule has 1 rings (SSSR count). The summed E-state index contributed by atoms with van der Waals surface area (Å²) in [4.78, 5) is 1.30. The maximum absolute atomic E-state index is 5.83. The molecule has 0 bridgehead atoms. The second-order valence-electron chi connectivity index (χ2n) is 3.82. The molecular weight excluding hydrogens is 270 g/mol. The van der Waals surface area contributed by atoms with Gasteiger partial charge >= 0.3 is 0 Å². The maximum atomic E-state index is 5.83. The molecule has 84 valence electrons. The molecule has 3 heteroatoms. The van der Waals surface area contributed by atoms with Crippen molar-refractivity contribution in [2.45, 2.75) is 43.4 Å². The highest BCUT2D eigenvalue weighted by Gasteiger charge is 2.07. The second kappa shape index (κ2) is 5.92. The van der Waals surface area contributed by atoms with Crippen molar-refractivity contribution in [3.63, 3.8) is 0 Å². The third kappa shape index (κ3) is 3.82. The van der Waals surface area contributed by atoms with Crippen LogP contribution in [0, 0.1) is 0 Å². The summed E-state index contributed by atoms with van der Waals surface area (Å²) in [5.41, 5.74) is 7.01. The Hall–Kier alpha value is 0.01000. The highest BCUT2D eigenvalue weighted by molar-refractivity contribution is 9.10. The topological polar surface area (TPSA) is 26.0 Å². The molecule has 2 atom stereocenters. The summed E-state index contributed by atoms with van der Waals surface area (Å²) in [6.45, 7) is 6.46. The first kappa shape index (κ1) is 13.1. The number of thioether (sulfide) groups is 1.